The van der Waals surface area contributed by atoms with E-state index >= 15 is 0 Å². The van der Waals surface area contributed by atoms with Gasteiger partial charge >= 0.3 is 0 Å². The number of hydrogen-bond acceptors (Lipinski definition) is 2. The average molecular weight is 329 g/mol. The van der Waals surface area contributed by atoms with Crippen molar-refractivity contribution in [2.24, 2.45) is 0 Å². The van der Waals surface area contributed by atoms with Gasteiger partial charge in [0.1, 0.15) is 4.32 Å². The first-order valence-corrected chi connectivity index (χ1v) is 8.90. The predicted molar refractivity (Wildman–Crippen MR) is 101 cm³/mol. The highest BCUT2D eigenvalue weighted by Gasteiger charge is 2.03. The number of hydrogen-bond donors (Lipinski definition) is 2. The van der Waals surface area contributed by atoms with Crippen molar-refractivity contribution in [2.45, 2.75) is 12.2 Å². The molecule has 0 atom stereocenters. The van der Waals surface area contributed by atoms with Crippen LogP contribution < -0.4 is 5.32 Å². The quantitative estimate of drug-likeness (QED) is 0.705. The lowest BCUT2D eigenvalue weighted by Crippen LogP contribution is -2.21. The molecule has 0 saturated heterocycles. The van der Waals surface area contributed by atoms with Gasteiger partial charge in [-0.15, -0.1) is 0 Å². The summed E-state index contributed by atoms with van der Waals surface area (Å²) in [4.78, 5) is 7.43. The molecule has 3 rings (SSSR count). The molecule has 2 heterocycles. The minimum atomic E-state index is 0.612. The van der Waals surface area contributed by atoms with Crippen molar-refractivity contribution in [1.82, 2.24) is 15.3 Å². The SMILES string of the molecule is S=C(NCCc1c[nH]c2ccccc12)[SH2]Cc1cccnc1. The van der Waals surface area contributed by atoms with E-state index in [1.54, 1.807) is 6.20 Å². The van der Waals surface area contributed by atoms with Gasteiger partial charge in [0.05, 0.1) is 0 Å². The Kier molecular flexibility index (Phi) is 5.08. The molecular weight excluding hydrogens is 310 g/mol. The zero-order valence-corrected chi connectivity index (χ0v) is 14.0. The van der Waals surface area contributed by atoms with E-state index < -0.39 is 0 Å². The van der Waals surface area contributed by atoms with Crippen LogP contribution >= 0.6 is 24.0 Å². The summed E-state index contributed by atoms with van der Waals surface area (Å²) in [5, 5.41) is 4.66. The van der Waals surface area contributed by atoms with Crippen LogP contribution in [0.4, 0.5) is 0 Å². The third-order valence-corrected chi connectivity index (χ3v) is 5.19. The highest BCUT2D eigenvalue weighted by Crippen LogP contribution is 2.18. The predicted octanol–water partition coefficient (Wildman–Crippen LogP) is 3.38. The first-order valence-electron chi connectivity index (χ1n) is 7.28. The van der Waals surface area contributed by atoms with Crippen LogP contribution in [-0.2, 0) is 12.2 Å². The van der Waals surface area contributed by atoms with Gasteiger partial charge in [-0.25, -0.2) is 11.8 Å². The summed E-state index contributed by atoms with van der Waals surface area (Å²) in [5.74, 6) is 0.965. The fraction of sp³-hybridized carbons (Fsp3) is 0.176. The Morgan fingerprint density at radius 3 is 3.00 bits per heavy atom. The van der Waals surface area contributed by atoms with Crippen LogP contribution in [0.1, 0.15) is 11.1 Å². The number of nitrogens with zero attached hydrogens (tertiary/aromatic N) is 1. The van der Waals surface area contributed by atoms with Gasteiger partial charge in [0, 0.05) is 41.8 Å². The van der Waals surface area contributed by atoms with E-state index in [9.17, 15) is 0 Å². The molecule has 22 heavy (non-hydrogen) atoms. The lowest BCUT2D eigenvalue weighted by atomic mass is 10.1. The third-order valence-electron chi connectivity index (χ3n) is 3.53. The molecule has 0 aliphatic heterocycles. The molecular formula is C17H19N3S2. The smallest absolute Gasteiger partial charge is 0.111 e. The van der Waals surface area contributed by atoms with Crippen LogP contribution in [-0.4, -0.2) is 20.8 Å². The first kappa shape index (κ1) is 15.1. The fourth-order valence-corrected chi connectivity index (χ4v) is 3.54. The zero-order chi connectivity index (χ0) is 15.2. The molecule has 0 bridgehead atoms. The van der Waals surface area contributed by atoms with Gasteiger partial charge in [-0.3, -0.25) is 4.98 Å². The highest BCUT2D eigenvalue weighted by atomic mass is 32.2. The summed E-state index contributed by atoms with van der Waals surface area (Å²) in [6, 6.07) is 12.4. The van der Waals surface area contributed by atoms with Crippen molar-refractivity contribution < 1.29 is 0 Å². The number of aromatic amines is 1. The maximum atomic E-state index is 5.42. The Morgan fingerprint density at radius 1 is 1.23 bits per heavy atom. The van der Waals surface area contributed by atoms with Crippen molar-refractivity contribution in [3.05, 3.63) is 66.1 Å². The molecule has 0 fully saturated rings. The molecule has 0 amide bonds. The molecule has 0 saturated carbocycles. The van der Waals surface area contributed by atoms with Gasteiger partial charge in [-0.1, -0.05) is 36.5 Å². The minimum Gasteiger partial charge on any atom is -0.372 e. The summed E-state index contributed by atoms with van der Waals surface area (Å²) < 4.78 is 0.948. The Hall–Kier alpha value is -1.85. The van der Waals surface area contributed by atoms with Crippen molar-refractivity contribution in [3.63, 3.8) is 0 Å². The monoisotopic (exact) mass is 329 g/mol. The molecule has 1 aromatic carbocycles. The number of aromatic nitrogens is 2. The number of pyridine rings is 1. The van der Waals surface area contributed by atoms with Crippen LogP contribution in [0.3, 0.4) is 0 Å². The minimum absolute atomic E-state index is 0.612. The largest absolute Gasteiger partial charge is 0.372 e. The molecule has 3 nitrogen and oxygen atoms in total. The van der Waals surface area contributed by atoms with Gasteiger partial charge in [-0.2, -0.15) is 0 Å². The summed E-state index contributed by atoms with van der Waals surface area (Å²) >= 11 is 6.03. The normalized spacial score (nSPS) is 11.6. The fourth-order valence-electron chi connectivity index (χ4n) is 2.40. The van der Waals surface area contributed by atoms with Crippen molar-refractivity contribution in [2.75, 3.05) is 6.54 Å². The van der Waals surface area contributed by atoms with E-state index in [-0.39, 0.29) is 0 Å². The standard InChI is InChI=1S/C17H19N3S2/c21-17(22-12-13-4-3-8-18-10-13)19-9-7-14-11-20-16-6-2-1-5-15(14)16/h1-6,8,10-11,20H,7,9,12,22H2,(H,19,21). The van der Waals surface area contributed by atoms with Gasteiger partial charge in [0.2, 0.25) is 0 Å². The van der Waals surface area contributed by atoms with E-state index in [0.29, 0.717) is 11.8 Å². The van der Waals surface area contributed by atoms with Crippen LogP contribution in [0.5, 0.6) is 0 Å². The second-order valence-corrected chi connectivity index (χ2v) is 7.06. The molecule has 0 radical (unpaired) electrons. The third kappa shape index (κ3) is 3.87. The van der Waals surface area contributed by atoms with Gasteiger partial charge in [0.15, 0.2) is 0 Å². The van der Waals surface area contributed by atoms with Crippen molar-refractivity contribution in [1.29, 1.82) is 0 Å². The van der Waals surface area contributed by atoms with Crippen LogP contribution in [0, 0.1) is 0 Å². The van der Waals surface area contributed by atoms with Crippen LogP contribution in [0.15, 0.2) is 55.0 Å². The topological polar surface area (TPSA) is 40.7 Å². The number of para-hydroxylation sites is 1. The lowest BCUT2D eigenvalue weighted by molar-refractivity contribution is 0.887. The number of H-pyrrole nitrogens is 1. The van der Waals surface area contributed by atoms with Gasteiger partial charge in [-0.05, 0) is 29.7 Å². The zero-order valence-electron chi connectivity index (χ0n) is 12.2. The summed E-state index contributed by atoms with van der Waals surface area (Å²) in [7, 11) is 0. The van der Waals surface area contributed by atoms with E-state index in [2.05, 4.69) is 51.8 Å². The molecule has 2 N–H and O–H groups in total. The molecule has 5 heteroatoms. The van der Waals surface area contributed by atoms with E-state index in [4.69, 9.17) is 12.2 Å². The number of fused-ring (bicyclic) bond motifs is 1. The number of rotatable bonds is 5. The van der Waals surface area contributed by atoms with Crippen molar-refractivity contribution >= 4 is 39.2 Å². The molecule has 2 aromatic heterocycles. The molecule has 0 aliphatic rings. The summed E-state index contributed by atoms with van der Waals surface area (Å²) in [5.41, 5.74) is 3.77. The Balaban J connectivity index is 1.45. The van der Waals surface area contributed by atoms with Gasteiger partial charge in [0.25, 0.3) is 0 Å². The molecule has 0 unspecified atom stereocenters. The lowest BCUT2D eigenvalue weighted by Gasteiger charge is -2.09. The number of nitrogens with one attached hydrogen (secondary N) is 2. The Morgan fingerprint density at radius 2 is 2.14 bits per heavy atom. The van der Waals surface area contributed by atoms with E-state index in [1.165, 1.54) is 22.0 Å². The Bertz CT molecular complexity index is 753. The highest BCUT2D eigenvalue weighted by molar-refractivity contribution is 8.22. The molecule has 0 spiro atoms. The molecule has 114 valence electrons. The van der Waals surface area contributed by atoms with Gasteiger partial charge < -0.3 is 10.3 Å². The van der Waals surface area contributed by atoms with Crippen LogP contribution in [0.2, 0.25) is 0 Å². The maximum absolute atomic E-state index is 5.42. The van der Waals surface area contributed by atoms with Crippen molar-refractivity contribution in [3.8, 4) is 0 Å². The number of thiocarbonyl (C=S) groups is 1. The average Bonchev–Trinajstić information content (AvgIpc) is 2.97. The summed E-state index contributed by atoms with van der Waals surface area (Å²) in [6.45, 7) is 0.876. The molecule has 0 aliphatic carbocycles. The first-order chi connectivity index (χ1) is 10.8. The summed E-state index contributed by atoms with van der Waals surface area (Å²) in [6.07, 6.45) is 6.76. The Labute approximate surface area is 139 Å². The maximum Gasteiger partial charge on any atom is 0.111 e. The molecule has 3 aromatic rings. The second kappa shape index (κ2) is 7.42. The second-order valence-electron chi connectivity index (χ2n) is 5.08. The number of benzene rings is 1. The van der Waals surface area contributed by atoms with Crippen LogP contribution in [0.25, 0.3) is 10.9 Å². The van der Waals surface area contributed by atoms with E-state index in [1.807, 2.05) is 12.3 Å². The van der Waals surface area contributed by atoms with E-state index in [0.717, 1.165) is 23.0 Å².